The maximum Gasteiger partial charge on any atom is 0.338 e. The molecule has 1 aromatic heterocycles. The van der Waals surface area contributed by atoms with Crippen molar-refractivity contribution >= 4 is 46.6 Å². The minimum atomic E-state index is -0.899. The summed E-state index contributed by atoms with van der Waals surface area (Å²) in [6.07, 6.45) is 1.11. The molecule has 2 heterocycles. The van der Waals surface area contributed by atoms with Gasteiger partial charge in [-0.1, -0.05) is 71.5 Å². The molecule has 4 rings (SSSR count). The minimum Gasteiger partial charge on any atom is -0.466 e. The van der Waals surface area contributed by atoms with E-state index in [-0.39, 0.29) is 16.7 Å². The number of aromatic nitrogens is 1. The molecule has 0 saturated heterocycles. The van der Waals surface area contributed by atoms with Gasteiger partial charge in [0.2, 0.25) is 0 Å². The van der Waals surface area contributed by atoms with E-state index >= 15 is 0 Å². The van der Waals surface area contributed by atoms with Crippen LogP contribution in [0.3, 0.4) is 0 Å². The molecule has 1 aliphatic heterocycles. The van der Waals surface area contributed by atoms with Gasteiger partial charge in [0.1, 0.15) is 10.6 Å². The maximum absolute atomic E-state index is 13.4. The summed E-state index contributed by atoms with van der Waals surface area (Å²) in [7, 11) is 1.23. The molecular weight excluding hydrogens is 464 g/mol. The Hall–Kier alpha value is -3.49. The van der Waals surface area contributed by atoms with Crippen LogP contribution in [0.15, 0.2) is 70.0 Å². The first kappa shape index (κ1) is 22.7. The number of nitrogens with zero attached hydrogens (tertiary/aromatic N) is 2. The molecule has 0 fully saturated rings. The van der Waals surface area contributed by atoms with Gasteiger partial charge < -0.3 is 9.47 Å². The molecule has 0 bridgehead atoms. The van der Waals surface area contributed by atoms with Crippen LogP contribution in [0.4, 0.5) is 0 Å². The number of hydrogen-bond acceptors (Lipinski definition) is 7. The van der Waals surface area contributed by atoms with Crippen molar-refractivity contribution in [2.75, 3.05) is 13.7 Å². The highest BCUT2D eigenvalue weighted by Crippen LogP contribution is 2.37. The van der Waals surface area contributed by atoms with Gasteiger partial charge in [-0.05, 0) is 18.6 Å². The largest absolute Gasteiger partial charge is 0.466 e. The van der Waals surface area contributed by atoms with Crippen LogP contribution in [0.1, 0.15) is 24.1 Å². The molecule has 0 aliphatic carbocycles. The van der Waals surface area contributed by atoms with Crippen LogP contribution in [0.2, 0.25) is 5.02 Å². The molecule has 1 aliphatic rings. The lowest BCUT2D eigenvalue weighted by atomic mass is 9.93. The normalized spacial score (nSPS) is 15.6. The summed E-state index contributed by atoms with van der Waals surface area (Å²) < 4.78 is 11.6. The van der Waals surface area contributed by atoms with Crippen LogP contribution < -0.4 is 14.9 Å². The second kappa shape index (κ2) is 9.56. The van der Waals surface area contributed by atoms with Crippen molar-refractivity contribution < 1.29 is 19.1 Å². The molecule has 1 atom stereocenters. The van der Waals surface area contributed by atoms with E-state index in [1.54, 1.807) is 31.2 Å². The number of ether oxygens (including phenoxy) is 2. The zero-order chi connectivity index (χ0) is 23.5. The Kier molecular flexibility index (Phi) is 6.57. The highest BCUT2D eigenvalue weighted by atomic mass is 35.5. The minimum absolute atomic E-state index is 0.134. The van der Waals surface area contributed by atoms with E-state index < -0.39 is 23.5 Å². The summed E-state index contributed by atoms with van der Waals surface area (Å²) in [5.74, 6) is -1.27. The van der Waals surface area contributed by atoms with Crippen LogP contribution in [0, 0.1) is 0 Å². The lowest BCUT2D eigenvalue weighted by molar-refractivity contribution is -0.139. The van der Waals surface area contributed by atoms with E-state index in [1.807, 2.05) is 30.3 Å². The smallest absolute Gasteiger partial charge is 0.338 e. The van der Waals surface area contributed by atoms with Crippen molar-refractivity contribution in [3.05, 3.63) is 96.0 Å². The number of carbonyl (C=O) groups is 2. The predicted octanol–water partition coefficient (Wildman–Crippen LogP) is 2.71. The summed E-state index contributed by atoms with van der Waals surface area (Å²) in [6, 6.07) is 15.2. The van der Waals surface area contributed by atoms with Gasteiger partial charge >= 0.3 is 11.9 Å². The van der Waals surface area contributed by atoms with Crippen LogP contribution in [0.25, 0.3) is 11.8 Å². The third-order valence-electron chi connectivity index (χ3n) is 5.02. The number of methoxy groups -OCH3 is 1. The first-order valence-corrected chi connectivity index (χ1v) is 11.3. The number of hydrogen-bond donors (Lipinski definition) is 0. The SMILES string of the molecule is CCOC(=O)C1=C(c2ccccc2)N=c2sc(=CC(=O)OC)c(=O)n2C1c1ccccc1Cl. The van der Waals surface area contributed by atoms with Crippen molar-refractivity contribution in [3.8, 4) is 0 Å². The zero-order valence-corrected chi connectivity index (χ0v) is 19.4. The molecule has 3 aromatic rings. The maximum atomic E-state index is 13.4. The van der Waals surface area contributed by atoms with E-state index in [1.165, 1.54) is 11.7 Å². The molecule has 0 saturated carbocycles. The predicted molar refractivity (Wildman–Crippen MR) is 125 cm³/mol. The molecule has 33 heavy (non-hydrogen) atoms. The van der Waals surface area contributed by atoms with Crippen molar-refractivity contribution in [2.45, 2.75) is 13.0 Å². The van der Waals surface area contributed by atoms with E-state index in [2.05, 4.69) is 9.73 Å². The van der Waals surface area contributed by atoms with Crippen LogP contribution in [-0.4, -0.2) is 30.2 Å². The summed E-state index contributed by atoms with van der Waals surface area (Å²) in [4.78, 5) is 43.5. The van der Waals surface area contributed by atoms with Crippen LogP contribution >= 0.6 is 22.9 Å². The molecule has 0 spiro atoms. The van der Waals surface area contributed by atoms with Crippen LogP contribution in [0.5, 0.6) is 0 Å². The molecule has 2 aromatic carbocycles. The molecular formula is C24H19ClN2O5S. The summed E-state index contributed by atoms with van der Waals surface area (Å²) in [6.45, 7) is 1.85. The number of fused-ring (bicyclic) bond motifs is 1. The highest BCUT2D eigenvalue weighted by Gasteiger charge is 2.36. The summed E-state index contributed by atoms with van der Waals surface area (Å²) >= 11 is 7.57. The Bertz CT molecular complexity index is 1440. The van der Waals surface area contributed by atoms with Gasteiger partial charge in [-0.15, -0.1) is 0 Å². The van der Waals surface area contributed by atoms with E-state index in [4.69, 9.17) is 16.3 Å². The lowest BCUT2D eigenvalue weighted by Crippen LogP contribution is -2.40. The summed E-state index contributed by atoms with van der Waals surface area (Å²) in [5.41, 5.74) is 1.31. The second-order valence-electron chi connectivity index (χ2n) is 6.98. The Morgan fingerprint density at radius 1 is 1.15 bits per heavy atom. The second-order valence-corrected chi connectivity index (χ2v) is 8.39. The Labute approximate surface area is 197 Å². The highest BCUT2D eigenvalue weighted by molar-refractivity contribution is 7.07. The standard InChI is InChI=1S/C24H19ClN2O5S/c1-3-32-23(30)19-20(14-9-5-4-6-10-14)26-24-27(21(19)15-11-7-8-12-16(15)25)22(29)17(33-24)13-18(28)31-2/h4-13,21H,3H2,1-2H3. The fraction of sp³-hybridized carbons (Fsp3) is 0.167. The number of benzene rings is 2. The Balaban J connectivity index is 2.12. The van der Waals surface area contributed by atoms with Gasteiger partial charge in [0, 0.05) is 16.7 Å². The average molecular weight is 483 g/mol. The monoisotopic (exact) mass is 482 g/mol. The van der Waals surface area contributed by atoms with Gasteiger partial charge in [-0.3, -0.25) is 9.36 Å². The van der Waals surface area contributed by atoms with Crippen molar-refractivity contribution in [1.29, 1.82) is 0 Å². The van der Waals surface area contributed by atoms with Crippen molar-refractivity contribution in [3.63, 3.8) is 0 Å². The molecule has 7 nitrogen and oxygen atoms in total. The quantitative estimate of drug-likeness (QED) is 0.522. The molecule has 0 N–H and O–H groups in total. The van der Waals surface area contributed by atoms with Gasteiger partial charge in [0.15, 0.2) is 4.80 Å². The molecule has 0 amide bonds. The van der Waals surface area contributed by atoms with Crippen molar-refractivity contribution in [2.24, 2.45) is 4.99 Å². The average Bonchev–Trinajstić information content (AvgIpc) is 3.13. The zero-order valence-electron chi connectivity index (χ0n) is 17.8. The number of halogens is 1. The van der Waals surface area contributed by atoms with E-state index in [0.717, 1.165) is 17.4 Å². The first-order valence-electron chi connectivity index (χ1n) is 10.1. The fourth-order valence-corrected chi connectivity index (χ4v) is 4.80. The fourth-order valence-electron chi connectivity index (χ4n) is 3.60. The number of carbonyl (C=O) groups excluding carboxylic acids is 2. The van der Waals surface area contributed by atoms with E-state index in [0.29, 0.717) is 26.6 Å². The first-order chi connectivity index (χ1) is 16.0. The third kappa shape index (κ3) is 4.27. The Morgan fingerprint density at radius 3 is 2.52 bits per heavy atom. The molecule has 1 unspecified atom stereocenters. The molecule has 9 heteroatoms. The van der Waals surface area contributed by atoms with Gasteiger partial charge in [0.05, 0.1) is 25.0 Å². The lowest BCUT2D eigenvalue weighted by Gasteiger charge is -2.26. The van der Waals surface area contributed by atoms with Crippen LogP contribution in [-0.2, 0) is 19.1 Å². The number of esters is 2. The van der Waals surface area contributed by atoms with Crippen molar-refractivity contribution in [1.82, 2.24) is 4.57 Å². The van der Waals surface area contributed by atoms with Gasteiger partial charge in [-0.2, -0.15) is 0 Å². The van der Waals surface area contributed by atoms with E-state index in [9.17, 15) is 14.4 Å². The van der Waals surface area contributed by atoms with Gasteiger partial charge in [-0.25, -0.2) is 14.6 Å². The summed E-state index contributed by atoms with van der Waals surface area (Å²) in [5, 5.41) is 0.376. The number of rotatable bonds is 5. The third-order valence-corrected chi connectivity index (χ3v) is 6.35. The molecule has 0 radical (unpaired) electrons. The number of thiazole rings is 1. The Morgan fingerprint density at radius 2 is 1.85 bits per heavy atom. The topological polar surface area (TPSA) is 87.0 Å². The van der Waals surface area contributed by atoms with Gasteiger partial charge in [0.25, 0.3) is 5.56 Å². The molecule has 168 valence electrons.